The number of hydrogen-bond donors (Lipinski definition) is 4. The molecule has 2 aromatic heterocycles. The Morgan fingerprint density at radius 1 is 1.13 bits per heavy atom. The maximum absolute atomic E-state index is 12.3. The molecule has 1 aliphatic rings. The first kappa shape index (κ1) is 20.7. The van der Waals surface area contributed by atoms with E-state index in [4.69, 9.17) is 20.9 Å². The van der Waals surface area contributed by atoms with Crippen LogP contribution >= 0.6 is 0 Å². The number of nitrogens with one attached hydrogen (secondary N) is 2. The molecule has 1 amide bonds. The maximum Gasteiger partial charge on any atom is 0.256 e. The lowest BCUT2D eigenvalue weighted by Crippen LogP contribution is -2.49. The highest BCUT2D eigenvalue weighted by Crippen LogP contribution is 2.32. The normalized spacial score (nSPS) is 15.5. The lowest BCUT2D eigenvalue weighted by atomic mass is 9.90. The Kier molecular flexibility index (Phi) is 5.51. The number of carbonyl (C=O) groups is 1. The summed E-state index contributed by atoms with van der Waals surface area (Å²) in [5.41, 5.74) is 12.6. The Labute approximate surface area is 179 Å². The molecule has 31 heavy (non-hydrogen) atoms. The summed E-state index contributed by atoms with van der Waals surface area (Å²) < 4.78 is 12.1. The summed E-state index contributed by atoms with van der Waals surface area (Å²) in [6.07, 6.45) is 6.15. The van der Waals surface area contributed by atoms with E-state index in [1.54, 1.807) is 32.4 Å². The van der Waals surface area contributed by atoms with Crippen LogP contribution in [0, 0.1) is 0 Å². The van der Waals surface area contributed by atoms with Gasteiger partial charge >= 0.3 is 0 Å². The summed E-state index contributed by atoms with van der Waals surface area (Å²) in [6.45, 7) is 0. The van der Waals surface area contributed by atoms with Gasteiger partial charge in [0.15, 0.2) is 11.5 Å². The number of aromatic nitrogens is 4. The van der Waals surface area contributed by atoms with Crippen LogP contribution in [0.15, 0.2) is 24.5 Å². The fraction of sp³-hybridized carbons (Fsp3) is 0.400. The third kappa shape index (κ3) is 4.17. The van der Waals surface area contributed by atoms with Crippen LogP contribution in [0.4, 0.5) is 17.5 Å². The molecular weight excluding hydrogens is 400 g/mol. The number of fused-ring (bicyclic) bond motifs is 1. The van der Waals surface area contributed by atoms with Gasteiger partial charge in [0.25, 0.3) is 5.91 Å². The van der Waals surface area contributed by atoms with Crippen molar-refractivity contribution in [2.75, 3.05) is 24.9 Å². The van der Waals surface area contributed by atoms with Gasteiger partial charge in [-0.1, -0.05) is 6.42 Å². The van der Waals surface area contributed by atoms with Gasteiger partial charge in [-0.25, -0.2) is 4.98 Å². The molecule has 1 saturated carbocycles. The van der Waals surface area contributed by atoms with Crippen LogP contribution in [-0.4, -0.2) is 45.4 Å². The number of hydrogen-bond acceptors (Lipinski definition) is 9. The Bertz CT molecular complexity index is 1080. The lowest BCUT2D eigenvalue weighted by molar-refractivity contribution is 0.100. The molecule has 6 N–H and O–H groups in total. The van der Waals surface area contributed by atoms with Crippen molar-refractivity contribution < 1.29 is 14.3 Å². The molecule has 11 nitrogen and oxygen atoms in total. The van der Waals surface area contributed by atoms with E-state index in [0.717, 1.165) is 32.1 Å². The van der Waals surface area contributed by atoms with Crippen LogP contribution < -0.4 is 31.6 Å². The van der Waals surface area contributed by atoms with Gasteiger partial charge in [-0.15, -0.1) is 0 Å². The van der Waals surface area contributed by atoms with Crippen LogP contribution in [0.2, 0.25) is 0 Å². The van der Waals surface area contributed by atoms with E-state index < -0.39 is 11.6 Å². The molecule has 0 spiro atoms. The van der Waals surface area contributed by atoms with Crippen molar-refractivity contribution in [1.29, 1.82) is 0 Å². The first-order valence-electron chi connectivity index (χ1n) is 10.0. The van der Waals surface area contributed by atoms with E-state index in [1.807, 2.05) is 0 Å². The number of anilines is 3. The largest absolute Gasteiger partial charge is 0.497 e. The average Bonchev–Trinajstić information content (AvgIpc) is 3.23. The second kappa shape index (κ2) is 8.26. The van der Waals surface area contributed by atoms with Crippen molar-refractivity contribution in [3.05, 3.63) is 30.1 Å². The number of primary amides is 1. The zero-order valence-electron chi connectivity index (χ0n) is 17.5. The second-order valence-electron chi connectivity index (χ2n) is 7.59. The third-order valence-corrected chi connectivity index (χ3v) is 5.39. The number of methoxy groups -OCH3 is 2. The van der Waals surface area contributed by atoms with Gasteiger partial charge in [0.05, 0.1) is 19.9 Å². The van der Waals surface area contributed by atoms with E-state index >= 15 is 0 Å². The first-order chi connectivity index (χ1) is 14.9. The van der Waals surface area contributed by atoms with Gasteiger partial charge in [0, 0.05) is 23.9 Å². The van der Waals surface area contributed by atoms with Gasteiger partial charge in [0.1, 0.15) is 23.4 Å². The van der Waals surface area contributed by atoms with Crippen LogP contribution in [0.25, 0.3) is 5.65 Å². The molecule has 0 radical (unpaired) electrons. The summed E-state index contributed by atoms with van der Waals surface area (Å²) in [5.74, 6) is 1.07. The highest BCUT2D eigenvalue weighted by atomic mass is 16.5. The highest BCUT2D eigenvalue weighted by molar-refractivity contribution is 6.04. The number of nitrogens with zero attached hydrogens (tertiary/aromatic N) is 4. The van der Waals surface area contributed by atoms with Crippen LogP contribution in [0.5, 0.6) is 11.5 Å². The lowest BCUT2D eigenvalue weighted by Gasteiger charge is -2.34. The summed E-state index contributed by atoms with van der Waals surface area (Å²) >= 11 is 0. The molecule has 3 aromatic rings. The average molecular weight is 426 g/mol. The molecule has 0 unspecified atom stereocenters. The molecule has 0 atom stereocenters. The predicted molar refractivity (Wildman–Crippen MR) is 116 cm³/mol. The van der Waals surface area contributed by atoms with Crippen molar-refractivity contribution >= 4 is 29.0 Å². The second-order valence-corrected chi connectivity index (χ2v) is 7.59. The van der Waals surface area contributed by atoms with Crippen molar-refractivity contribution in [2.45, 2.75) is 37.8 Å². The molecule has 1 aliphatic carbocycles. The van der Waals surface area contributed by atoms with Crippen molar-refractivity contribution in [3.63, 3.8) is 0 Å². The third-order valence-electron chi connectivity index (χ3n) is 5.39. The SMILES string of the molecule is COc1cc(Nc2nc(NC3(N)CCCCC3)n3ncnc3c2C(N)=O)cc(OC)c1. The Balaban J connectivity index is 1.80. The number of nitrogens with two attached hydrogens (primary N) is 2. The number of ether oxygens (including phenoxy) is 2. The molecule has 0 bridgehead atoms. The first-order valence-corrected chi connectivity index (χ1v) is 10.0. The van der Waals surface area contributed by atoms with E-state index in [2.05, 4.69) is 25.7 Å². The molecule has 0 aliphatic heterocycles. The van der Waals surface area contributed by atoms with E-state index in [-0.39, 0.29) is 17.0 Å². The monoisotopic (exact) mass is 426 g/mol. The highest BCUT2D eigenvalue weighted by Gasteiger charge is 2.30. The van der Waals surface area contributed by atoms with Crippen molar-refractivity contribution in [2.24, 2.45) is 11.5 Å². The fourth-order valence-corrected chi connectivity index (χ4v) is 3.83. The molecule has 2 heterocycles. The maximum atomic E-state index is 12.3. The number of amides is 1. The molecule has 4 rings (SSSR count). The standard InChI is InChI=1S/C20H26N8O3/c1-30-13-8-12(9-14(10-13)31-2)25-17-15(16(21)29)18-23-11-24-28(18)19(26-17)27-20(22)6-4-3-5-7-20/h8-11,25H,3-7,22H2,1-2H3,(H2,21,29)(H,26,27). The number of carbonyl (C=O) groups excluding carboxylic acids is 1. The Morgan fingerprint density at radius 2 is 1.81 bits per heavy atom. The number of rotatable bonds is 7. The Hall–Kier alpha value is -3.60. The summed E-state index contributed by atoms with van der Waals surface area (Å²) in [7, 11) is 3.11. The Morgan fingerprint density at radius 3 is 2.42 bits per heavy atom. The molecule has 0 saturated heterocycles. The van der Waals surface area contributed by atoms with Gasteiger partial charge in [-0.3, -0.25) is 4.79 Å². The van der Waals surface area contributed by atoms with Gasteiger partial charge in [-0.2, -0.15) is 14.6 Å². The van der Waals surface area contributed by atoms with E-state index in [1.165, 1.54) is 10.8 Å². The van der Waals surface area contributed by atoms with Crippen molar-refractivity contribution in [1.82, 2.24) is 19.6 Å². The quantitative estimate of drug-likeness (QED) is 0.415. The van der Waals surface area contributed by atoms with Crippen LogP contribution in [-0.2, 0) is 0 Å². The fourth-order valence-electron chi connectivity index (χ4n) is 3.83. The molecule has 11 heteroatoms. The minimum atomic E-state index is -0.686. The van der Waals surface area contributed by atoms with Crippen LogP contribution in [0.3, 0.4) is 0 Å². The molecular formula is C20H26N8O3. The summed E-state index contributed by atoms with van der Waals surface area (Å²) in [4.78, 5) is 21.1. The van der Waals surface area contributed by atoms with E-state index in [0.29, 0.717) is 23.1 Å². The molecule has 164 valence electrons. The summed E-state index contributed by atoms with van der Waals surface area (Å²) in [6, 6.07) is 5.24. The zero-order valence-corrected chi connectivity index (χ0v) is 17.5. The van der Waals surface area contributed by atoms with E-state index in [9.17, 15) is 4.79 Å². The van der Waals surface area contributed by atoms with Crippen LogP contribution in [0.1, 0.15) is 42.5 Å². The van der Waals surface area contributed by atoms with Gasteiger partial charge in [0.2, 0.25) is 5.95 Å². The summed E-state index contributed by atoms with van der Waals surface area (Å²) in [5, 5.41) is 10.7. The zero-order chi connectivity index (χ0) is 22.0. The topological polar surface area (TPSA) is 155 Å². The minimum Gasteiger partial charge on any atom is -0.497 e. The van der Waals surface area contributed by atoms with Crippen molar-refractivity contribution in [3.8, 4) is 11.5 Å². The molecule has 1 fully saturated rings. The predicted octanol–water partition coefficient (Wildman–Crippen LogP) is 2.01. The number of benzene rings is 1. The molecule has 1 aromatic carbocycles. The van der Waals surface area contributed by atoms with Gasteiger partial charge in [-0.05, 0) is 25.7 Å². The smallest absolute Gasteiger partial charge is 0.256 e. The minimum absolute atomic E-state index is 0.111. The van der Waals surface area contributed by atoms with Gasteiger partial charge < -0.3 is 31.6 Å².